The minimum Gasteiger partial charge on any atom is -0.497 e. The van der Waals surface area contributed by atoms with Gasteiger partial charge in [-0.15, -0.1) is 0 Å². The van der Waals surface area contributed by atoms with E-state index in [-0.39, 0.29) is 5.78 Å². The number of carbonyl (C=O) groups is 1. The van der Waals surface area contributed by atoms with Gasteiger partial charge < -0.3 is 9.47 Å². The summed E-state index contributed by atoms with van der Waals surface area (Å²) in [7, 11) is 3.29. The number of benzene rings is 2. The zero-order chi connectivity index (χ0) is 19.2. The van der Waals surface area contributed by atoms with Gasteiger partial charge in [-0.3, -0.25) is 9.69 Å². The third kappa shape index (κ3) is 4.66. The first-order chi connectivity index (χ1) is 13.1. The number of nitrogens with zero attached hydrogens (tertiary/aromatic N) is 1. The number of methoxy groups -OCH3 is 2. The lowest BCUT2D eigenvalue weighted by atomic mass is 9.94. The SMILES string of the molecule is CCN1C/C(=C/c2cccc(OC)c2)C(=O)/C(=C/c2cccc(OC)c2)C1. The molecule has 1 fully saturated rings. The lowest BCUT2D eigenvalue weighted by molar-refractivity contribution is -0.113. The molecule has 140 valence electrons. The Labute approximate surface area is 160 Å². The first kappa shape index (κ1) is 18.9. The predicted octanol–water partition coefficient (Wildman–Crippen LogP) is 4.08. The number of ketones is 1. The number of rotatable bonds is 5. The molecule has 0 aliphatic carbocycles. The second-order valence-electron chi connectivity index (χ2n) is 6.52. The molecule has 0 amide bonds. The van der Waals surface area contributed by atoms with Crippen LogP contribution in [0.3, 0.4) is 0 Å². The molecule has 0 N–H and O–H groups in total. The van der Waals surface area contributed by atoms with Crippen LogP contribution in [0.1, 0.15) is 18.1 Å². The van der Waals surface area contributed by atoms with E-state index in [9.17, 15) is 4.79 Å². The molecular weight excluding hydrogens is 338 g/mol. The number of hydrogen-bond acceptors (Lipinski definition) is 4. The van der Waals surface area contributed by atoms with Crippen LogP contribution in [0.5, 0.6) is 11.5 Å². The molecule has 1 aliphatic heterocycles. The molecule has 3 rings (SSSR count). The summed E-state index contributed by atoms with van der Waals surface area (Å²) >= 11 is 0. The van der Waals surface area contributed by atoms with Gasteiger partial charge in [-0.1, -0.05) is 31.2 Å². The minimum absolute atomic E-state index is 0.102. The summed E-state index contributed by atoms with van der Waals surface area (Å²) < 4.78 is 10.6. The van der Waals surface area contributed by atoms with Crippen molar-refractivity contribution in [2.45, 2.75) is 6.92 Å². The Morgan fingerprint density at radius 2 is 1.37 bits per heavy atom. The molecule has 4 nitrogen and oxygen atoms in total. The van der Waals surface area contributed by atoms with Crippen LogP contribution in [0, 0.1) is 0 Å². The Bertz CT molecular complexity index is 813. The molecule has 0 radical (unpaired) electrons. The number of likely N-dealkylation sites (tertiary alicyclic amines) is 1. The highest BCUT2D eigenvalue weighted by molar-refractivity contribution is 6.14. The first-order valence-electron chi connectivity index (χ1n) is 9.09. The first-order valence-corrected chi connectivity index (χ1v) is 9.09. The summed E-state index contributed by atoms with van der Waals surface area (Å²) in [5.74, 6) is 1.67. The summed E-state index contributed by atoms with van der Waals surface area (Å²) in [4.78, 5) is 15.3. The Morgan fingerprint density at radius 1 is 0.889 bits per heavy atom. The van der Waals surface area contributed by atoms with Gasteiger partial charge in [-0.25, -0.2) is 0 Å². The minimum atomic E-state index is 0.102. The number of ether oxygens (including phenoxy) is 2. The fourth-order valence-electron chi connectivity index (χ4n) is 3.20. The van der Waals surface area contributed by atoms with E-state index in [2.05, 4.69) is 11.8 Å². The molecule has 1 heterocycles. The van der Waals surface area contributed by atoms with Crippen LogP contribution in [0.4, 0.5) is 0 Å². The normalized spacial score (nSPS) is 18.1. The van der Waals surface area contributed by atoms with Crippen molar-refractivity contribution in [3.63, 3.8) is 0 Å². The Kier molecular flexibility index (Phi) is 6.09. The maximum absolute atomic E-state index is 13.1. The van der Waals surface area contributed by atoms with Gasteiger partial charge in [0.05, 0.1) is 14.2 Å². The maximum Gasteiger partial charge on any atom is 0.187 e. The van der Waals surface area contributed by atoms with E-state index < -0.39 is 0 Å². The van der Waals surface area contributed by atoms with Crippen molar-refractivity contribution in [2.24, 2.45) is 0 Å². The second kappa shape index (κ2) is 8.69. The lowest BCUT2D eigenvalue weighted by Gasteiger charge is -2.28. The van der Waals surface area contributed by atoms with E-state index in [4.69, 9.17) is 9.47 Å². The summed E-state index contributed by atoms with van der Waals surface area (Å²) in [6.07, 6.45) is 3.93. The number of likely N-dealkylation sites (N-methyl/N-ethyl adjacent to an activating group) is 1. The standard InChI is InChI=1S/C23H25NO3/c1-4-24-15-19(11-17-7-5-9-21(13-17)26-2)23(25)20(16-24)12-18-8-6-10-22(14-18)27-3/h5-14H,4,15-16H2,1-3H3/b19-11-,20-12+. The molecule has 0 spiro atoms. The van der Waals surface area contributed by atoms with Gasteiger partial charge in [0, 0.05) is 24.2 Å². The fraction of sp³-hybridized carbons (Fsp3) is 0.261. The number of hydrogen-bond donors (Lipinski definition) is 0. The molecule has 0 saturated carbocycles. The fourth-order valence-corrected chi connectivity index (χ4v) is 3.20. The van der Waals surface area contributed by atoms with Crippen molar-refractivity contribution in [1.82, 2.24) is 4.90 Å². The van der Waals surface area contributed by atoms with Crippen LogP contribution < -0.4 is 9.47 Å². The van der Waals surface area contributed by atoms with Gasteiger partial charge in [0.1, 0.15) is 11.5 Å². The van der Waals surface area contributed by atoms with Crippen LogP contribution in [0.25, 0.3) is 12.2 Å². The Morgan fingerprint density at radius 3 is 1.78 bits per heavy atom. The molecule has 0 unspecified atom stereocenters. The van der Waals surface area contributed by atoms with Gasteiger partial charge in [-0.2, -0.15) is 0 Å². The van der Waals surface area contributed by atoms with Gasteiger partial charge in [0.25, 0.3) is 0 Å². The summed E-state index contributed by atoms with van der Waals surface area (Å²) in [6, 6.07) is 15.5. The number of Topliss-reactive ketones (excluding diaryl/α,β-unsaturated/α-hetero) is 1. The highest BCUT2D eigenvalue weighted by Gasteiger charge is 2.25. The largest absolute Gasteiger partial charge is 0.497 e. The summed E-state index contributed by atoms with van der Waals surface area (Å²) in [5, 5.41) is 0. The van der Waals surface area contributed by atoms with E-state index in [0.29, 0.717) is 13.1 Å². The lowest BCUT2D eigenvalue weighted by Crippen LogP contribution is -2.37. The molecule has 27 heavy (non-hydrogen) atoms. The van der Waals surface area contributed by atoms with Gasteiger partial charge >= 0.3 is 0 Å². The van der Waals surface area contributed by atoms with Crippen molar-refractivity contribution in [3.8, 4) is 11.5 Å². The van der Waals surface area contributed by atoms with Crippen LogP contribution in [-0.4, -0.2) is 44.5 Å². The van der Waals surface area contributed by atoms with E-state index in [1.165, 1.54) is 0 Å². The summed E-state index contributed by atoms with van der Waals surface area (Å²) in [5.41, 5.74) is 3.53. The molecule has 1 aliphatic rings. The van der Waals surface area contributed by atoms with Gasteiger partial charge in [-0.05, 0) is 54.1 Å². The van der Waals surface area contributed by atoms with Crippen molar-refractivity contribution >= 4 is 17.9 Å². The van der Waals surface area contributed by atoms with E-state index >= 15 is 0 Å². The molecule has 2 aromatic rings. The Hall–Kier alpha value is -2.85. The molecular formula is C23H25NO3. The zero-order valence-electron chi connectivity index (χ0n) is 16.1. The summed E-state index contributed by atoms with van der Waals surface area (Å²) in [6.45, 7) is 4.31. The average molecular weight is 363 g/mol. The van der Waals surface area contributed by atoms with E-state index in [1.807, 2.05) is 60.7 Å². The third-order valence-corrected chi connectivity index (χ3v) is 4.69. The molecule has 1 saturated heterocycles. The van der Waals surface area contributed by atoms with Gasteiger partial charge in [0.2, 0.25) is 0 Å². The third-order valence-electron chi connectivity index (χ3n) is 4.69. The predicted molar refractivity (Wildman–Crippen MR) is 109 cm³/mol. The van der Waals surface area contributed by atoms with Gasteiger partial charge in [0.15, 0.2) is 5.78 Å². The average Bonchev–Trinajstić information content (AvgIpc) is 2.71. The van der Waals surface area contributed by atoms with Crippen LogP contribution in [0.2, 0.25) is 0 Å². The number of carbonyl (C=O) groups excluding carboxylic acids is 1. The second-order valence-corrected chi connectivity index (χ2v) is 6.52. The van der Waals surface area contributed by atoms with Crippen LogP contribution >= 0.6 is 0 Å². The highest BCUT2D eigenvalue weighted by Crippen LogP contribution is 2.24. The molecule has 0 aromatic heterocycles. The van der Waals surface area contributed by atoms with E-state index in [1.54, 1.807) is 14.2 Å². The van der Waals surface area contributed by atoms with Crippen molar-refractivity contribution in [3.05, 3.63) is 70.8 Å². The smallest absolute Gasteiger partial charge is 0.187 e. The van der Waals surface area contributed by atoms with E-state index in [0.717, 1.165) is 40.3 Å². The van der Waals surface area contributed by atoms with Crippen molar-refractivity contribution in [1.29, 1.82) is 0 Å². The number of piperidine rings is 1. The molecule has 4 heteroatoms. The monoisotopic (exact) mass is 363 g/mol. The van der Waals surface area contributed by atoms with Crippen molar-refractivity contribution in [2.75, 3.05) is 33.9 Å². The topological polar surface area (TPSA) is 38.8 Å². The highest BCUT2D eigenvalue weighted by atomic mass is 16.5. The zero-order valence-corrected chi connectivity index (χ0v) is 16.1. The molecule has 2 aromatic carbocycles. The molecule has 0 bridgehead atoms. The quantitative estimate of drug-likeness (QED) is 0.751. The van der Waals surface area contributed by atoms with Crippen molar-refractivity contribution < 1.29 is 14.3 Å². The van der Waals surface area contributed by atoms with Crippen LogP contribution in [-0.2, 0) is 4.79 Å². The molecule has 0 atom stereocenters. The Balaban J connectivity index is 1.94. The van der Waals surface area contributed by atoms with Crippen LogP contribution in [0.15, 0.2) is 59.7 Å². The maximum atomic E-state index is 13.1.